The Bertz CT molecular complexity index is 94.5. The largest absolute Gasteiger partial charge is 0.394 e. The van der Waals surface area contributed by atoms with Gasteiger partial charge in [-0.1, -0.05) is 0 Å². The fraction of sp³-hybridized carbons (Fsp3) is 0. The number of hydrogen-bond acceptors (Lipinski definition) is 2. The Hall–Kier alpha value is 2.68. The average molecular weight is 700 g/mol. The van der Waals surface area contributed by atoms with E-state index in [4.69, 9.17) is 17.5 Å². The van der Waals surface area contributed by atoms with Gasteiger partial charge in [-0.2, -0.15) is 8.42 Å². The molecule has 8 heteroatoms. The van der Waals surface area contributed by atoms with Crippen molar-refractivity contribution in [2.45, 2.75) is 0 Å². The zero-order valence-electron chi connectivity index (χ0n) is 4.24. The third-order valence-electron chi connectivity index (χ3n) is 0. The quantitative estimate of drug-likeness (QED) is 0.261. The first kappa shape index (κ1) is 22.4. The average Bonchev–Trinajstić information content (AvgIpc) is 0.722. The molecule has 0 bridgehead atoms. The Morgan fingerprint density at radius 1 is 0.875 bits per heavy atom. The van der Waals surface area contributed by atoms with Crippen LogP contribution in [0.4, 0.5) is 0 Å². The summed E-state index contributed by atoms with van der Waals surface area (Å²) in [6.07, 6.45) is 0. The van der Waals surface area contributed by atoms with Gasteiger partial charge in [0.15, 0.2) is 0 Å². The molecule has 0 radical (unpaired) electrons. The fourth-order valence-corrected chi connectivity index (χ4v) is 0. The van der Waals surface area contributed by atoms with Crippen molar-refractivity contribution >= 4 is 10.4 Å². The molecule has 38 valence electrons. The molecule has 0 aromatic rings. The van der Waals surface area contributed by atoms with E-state index in [0.29, 0.717) is 0 Å². The second-order valence-electron chi connectivity index (χ2n) is 0.448. The maximum atomic E-state index is 8.74. The van der Waals surface area contributed by atoms with E-state index >= 15 is 0 Å². The summed E-state index contributed by atoms with van der Waals surface area (Å²) >= 11 is 0. The first-order valence-corrected chi connectivity index (χ1v) is 2.10. The molecule has 0 unspecified atom stereocenters. The molecule has 4 nitrogen and oxygen atoms in total. The van der Waals surface area contributed by atoms with E-state index in [1.165, 1.54) is 0 Å². The molecule has 0 aliphatic heterocycles. The molecule has 0 rings (SSSR count). The summed E-state index contributed by atoms with van der Waals surface area (Å²) in [5, 5.41) is 0. The Balaban J connectivity index is -0.0000000267. The molecule has 0 atom stereocenters. The van der Waals surface area contributed by atoms with Crippen LogP contribution in [0.25, 0.3) is 0 Å². The minimum Gasteiger partial charge on any atom is -0.264 e. The molecule has 0 saturated carbocycles. The summed E-state index contributed by atoms with van der Waals surface area (Å²) in [5.41, 5.74) is 0. The second-order valence-corrected chi connectivity index (χ2v) is 1.34. The molecule has 2 N–H and O–H groups in total. The minimum absolute atomic E-state index is 0. The smallest absolute Gasteiger partial charge is 0.264 e. The van der Waals surface area contributed by atoms with Crippen molar-refractivity contribution in [2.75, 3.05) is 0 Å². The van der Waals surface area contributed by atoms with Crippen LogP contribution in [-0.4, -0.2) is 17.5 Å². The summed E-state index contributed by atoms with van der Waals surface area (Å²) < 4.78 is 31.6. The number of rotatable bonds is 0. The Labute approximate surface area is 109 Å². The van der Waals surface area contributed by atoms with Gasteiger partial charge in [-0.05, 0) is 0 Å². The molecular weight excluding hydrogens is 698 g/mol. The van der Waals surface area contributed by atoms with E-state index < -0.39 is 10.4 Å². The molecule has 8 heavy (non-hydrogen) atoms. The van der Waals surface area contributed by atoms with E-state index in [0.717, 1.165) is 0 Å². The van der Waals surface area contributed by atoms with Crippen LogP contribution in [0.5, 0.6) is 0 Å². The topological polar surface area (TPSA) is 74.6 Å². The monoisotopic (exact) mass is 704 g/mol. The van der Waals surface area contributed by atoms with Gasteiger partial charge in [0.1, 0.15) is 0 Å². The van der Waals surface area contributed by atoms with E-state index in [2.05, 4.69) is 0 Å². The van der Waals surface area contributed by atoms with Gasteiger partial charge in [0, 0.05) is 83.0 Å². The van der Waals surface area contributed by atoms with Crippen LogP contribution in [0, 0.1) is 0 Å². The summed E-state index contributed by atoms with van der Waals surface area (Å²) in [7, 11) is -4.67. The molecule has 0 spiro atoms. The summed E-state index contributed by atoms with van der Waals surface area (Å²) in [6.45, 7) is 0. The van der Waals surface area contributed by atoms with Crippen LogP contribution in [0.15, 0.2) is 0 Å². The first-order valence-electron chi connectivity index (χ1n) is 0.698. The van der Waals surface area contributed by atoms with Crippen LogP contribution in [0.3, 0.4) is 0 Å². The molecular formula is H2Hg3O4S. The molecule has 0 aliphatic rings. The summed E-state index contributed by atoms with van der Waals surface area (Å²) in [5.74, 6) is 0. The van der Waals surface area contributed by atoms with Gasteiger partial charge in [0.25, 0.3) is 0 Å². The van der Waals surface area contributed by atoms with E-state index in [-0.39, 0.29) is 83.0 Å². The molecule has 0 fully saturated rings. The molecule has 0 aromatic carbocycles. The molecule has 0 aromatic heterocycles. The van der Waals surface area contributed by atoms with Gasteiger partial charge in [0.05, 0.1) is 0 Å². The summed E-state index contributed by atoms with van der Waals surface area (Å²) in [6, 6.07) is 0. The van der Waals surface area contributed by atoms with Crippen molar-refractivity contribution in [3.05, 3.63) is 0 Å². The van der Waals surface area contributed by atoms with Gasteiger partial charge in [-0.3, -0.25) is 9.11 Å². The van der Waals surface area contributed by atoms with Crippen molar-refractivity contribution in [1.29, 1.82) is 0 Å². The molecule has 0 amide bonds. The Morgan fingerprint density at radius 2 is 0.875 bits per heavy atom. The summed E-state index contributed by atoms with van der Waals surface area (Å²) in [4.78, 5) is 0. The van der Waals surface area contributed by atoms with Crippen molar-refractivity contribution < 1.29 is 101 Å². The van der Waals surface area contributed by atoms with E-state index in [1.807, 2.05) is 0 Å². The van der Waals surface area contributed by atoms with Crippen molar-refractivity contribution in [1.82, 2.24) is 0 Å². The van der Waals surface area contributed by atoms with Gasteiger partial charge in [0.2, 0.25) is 0 Å². The standard InChI is InChI=1S/3Hg.H2O4S/c;;;1-5(2,3)4/h;;;(H2,1,2,3,4). The molecule has 0 aliphatic carbocycles. The van der Waals surface area contributed by atoms with Crippen molar-refractivity contribution in [3.8, 4) is 0 Å². The third-order valence-corrected chi connectivity index (χ3v) is 0. The maximum absolute atomic E-state index is 8.74. The SMILES string of the molecule is O=S(=O)(O)O.[Hg].[Hg].[Hg]. The van der Waals surface area contributed by atoms with Crippen LogP contribution < -0.4 is 0 Å². The van der Waals surface area contributed by atoms with Crippen LogP contribution in [0.2, 0.25) is 0 Å². The third kappa shape index (κ3) is 71.4. The van der Waals surface area contributed by atoms with Crippen molar-refractivity contribution in [3.63, 3.8) is 0 Å². The Morgan fingerprint density at radius 3 is 0.875 bits per heavy atom. The molecule has 0 heterocycles. The van der Waals surface area contributed by atoms with Gasteiger partial charge in [-0.15, -0.1) is 0 Å². The maximum Gasteiger partial charge on any atom is 0.394 e. The predicted molar refractivity (Wildman–Crippen MR) is 14.2 cm³/mol. The zero-order valence-corrected chi connectivity index (χ0v) is 21.6. The normalized spacial score (nSPS) is 7.25. The van der Waals surface area contributed by atoms with E-state index in [1.54, 1.807) is 0 Å². The van der Waals surface area contributed by atoms with Crippen LogP contribution >= 0.6 is 0 Å². The van der Waals surface area contributed by atoms with Gasteiger partial charge < -0.3 is 0 Å². The zero-order chi connectivity index (χ0) is 4.50. The predicted octanol–water partition coefficient (Wildman–Crippen LogP) is -0.660. The van der Waals surface area contributed by atoms with E-state index in [9.17, 15) is 0 Å². The van der Waals surface area contributed by atoms with Gasteiger partial charge in [-0.25, -0.2) is 0 Å². The fourth-order valence-electron chi connectivity index (χ4n) is 0. The van der Waals surface area contributed by atoms with Crippen LogP contribution in [0.1, 0.15) is 0 Å². The minimum atomic E-state index is -4.67. The van der Waals surface area contributed by atoms with Gasteiger partial charge >= 0.3 is 10.4 Å². The van der Waals surface area contributed by atoms with Crippen LogP contribution in [-0.2, 0) is 93.4 Å². The first-order chi connectivity index (χ1) is 2.00. The Kier molecular flexibility index (Phi) is 27.1. The number of hydrogen-bond donors (Lipinski definition) is 2. The van der Waals surface area contributed by atoms with Crippen molar-refractivity contribution in [2.24, 2.45) is 0 Å². The second kappa shape index (κ2) is 9.68. The molecule has 0 saturated heterocycles.